The molecule has 0 atom stereocenters. The van der Waals surface area contributed by atoms with E-state index in [4.69, 9.17) is 9.84 Å². The summed E-state index contributed by atoms with van der Waals surface area (Å²) < 4.78 is 5.07. The fourth-order valence-electron chi connectivity index (χ4n) is 2.73. The van der Waals surface area contributed by atoms with Crippen LogP contribution in [0.2, 0.25) is 0 Å². The van der Waals surface area contributed by atoms with Gasteiger partial charge >= 0.3 is 5.97 Å². The molecule has 1 rings (SSSR count). The summed E-state index contributed by atoms with van der Waals surface area (Å²) in [4.78, 5) is 25.3. The number of carboxylic acids is 1. The molecule has 0 spiro atoms. The Balaban J connectivity index is 2.49. The number of unbranched alkanes of at least 4 members (excludes halogenated alkanes) is 1. The van der Waals surface area contributed by atoms with Crippen LogP contribution in [-0.2, 0) is 14.3 Å². The molecule has 1 N–H and O–H groups in total. The van der Waals surface area contributed by atoms with Crippen molar-refractivity contribution in [2.24, 2.45) is 11.8 Å². The summed E-state index contributed by atoms with van der Waals surface area (Å²) in [7, 11) is 1.64. The lowest BCUT2D eigenvalue weighted by Gasteiger charge is -2.31. The number of amides is 1. The van der Waals surface area contributed by atoms with E-state index < -0.39 is 5.97 Å². The van der Waals surface area contributed by atoms with Crippen LogP contribution in [0.25, 0.3) is 0 Å². The van der Waals surface area contributed by atoms with Crippen molar-refractivity contribution >= 4 is 11.9 Å². The molecule has 0 aromatic heterocycles. The number of carboxylic acid groups (broad SMARTS) is 1. The maximum Gasteiger partial charge on any atom is 0.306 e. The maximum atomic E-state index is 12.5. The summed E-state index contributed by atoms with van der Waals surface area (Å²) in [6, 6.07) is 0. The minimum atomic E-state index is -0.724. The van der Waals surface area contributed by atoms with Gasteiger partial charge in [0.2, 0.25) is 5.91 Å². The van der Waals surface area contributed by atoms with E-state index in [0.29, 0.717) is 38.8 Å². The normalized spacial score (nSPS) is 22.5. The van der Waals surface area contributed by atoms with Gasteiger partial charge in [-0.25, -0.2) is 0 Å². The summed E-state index contributed by atoms with van der Waals surface area (Å²) in [6.45, 7) is 4.07. The maximum absolute atomic E-state index is 12.5. The second-order valence-corrected chi connectivity index (χ2v) is 5.56. The SMILES string of the molecule is CCCCN(CCOC)C(=O)C1CCC(C(=O)O)CC1. The highest BCUT2D eigenvalue weighted by molar-refractivity contribution is 5.79. The van der Waals surface area contributed by atoms with E-state index in [0.717, 1.165) is 19.4 Å². The van der Waals surface area contributed by atoms with E-state index in [2.05, 4.69) is 6.92 Å². The highest BCUT2D eigenvalue weighted by Crippen LogP contribution is 2.30. The van der Waals surface area contributed by atoms with Crippen LogP contribution in [0, 0.1) is 11.8 Å². The number of ether oxygens (including phenoxy) is 1. The zero-order valence-electron chi connectivity index (χ0n) is 12.6. The molecule has 0 aromatic rings. The Bertz CT molecular complexity index is 303. The average molecular weight is 285 g/mol. The Morgan fingerprint density at radius 3 is 2.25 bits per heavy atom. The summed E-state index contributed by atoms with van der Waals surface area (Å²) in [5, 5.41) is 8.99. The number of aliphatic carboxylic acids is 1. The van der Waals surface area contributed by atoms with Crippen LogP contribution in [0.3, 0.4) is 0 Å². The third-order valence-electron chi connectivity index (χ3n) is 4.08. The van der Waals surface area contributed by atoms with Crippen molar-refractivity contribution in [1.29, 1.82) is 0 Å². The molecular weight excluding hydrogens is 258 g/mol. The van der Waals surface area contributed by atoms with E-state index in [1.807, 2.05) is 4.90 Å². The largest absolute Gasteiger partial charge is 0.481 e. The van der Waals surface area contributed by atoms with Gasteiger partial charge in [0.15, 0.2) is 0 Å². The Kier molecular flexibility index (Phi) is 7.59. The van der Waals surface area contributed by atoms with Crippen molar-refractivity contribution in [2.75, 3.05) is 26.8 Å². The van der Waals surface area contributed by atoms with E-state index in [1.54, 1.807) is 7.11 Å². The summed E-state index contributed by atoms with van der Waals surface area (Å²) in [6.07, 6.45) is 4.70. The van der Waals surface area contributed by atoms with Crippen LogP contribution in [0.4, 0.5) is 0 Å². The monoisotopic (exact) mass is 285 g/mol. The molecular formula is C15H27NO4. The third kappa shape index (κ3) is 5.12. The zero-order chi connectivity index (χ0) is 15.0. The predicted molar refractivity (Wildman–Crippen MR) is 76.4 cm³/mol. The zero-order valence-corrected chi connectivity index (χ0v) is 12.6. The Morgan fingerprint density at radius 2 is 1.75 bits per heavy atom. The highest BCUT2D eigenvalue weighted by atomic mass is 16.5. The van der Waals surface area contributed by atoms with Gasteiger partial charge in [0.1, 0.15) is 0 Å². The van der Waals surface area contributed by atoms with Gasteiger partial charge in [-0.3, -0.25) is 9.59 Å². The van der Waals surface area contributed by atoms with Gasteiger partial charge in [-0.05, 0) is 32.1 Å². The molecule has 0 saturated heterocycles. The molecule has 0 heterocycles. The van der Waals surface area contributed by atoms with Gasteiger partial charge in [0.05, 0.1) is 12.5 Å². The number of hydrogen-bond acceptors (Lipinski definition) is 3. The lowest BCUT2D eigenvalue weighted by atomic mass is 9.81. The van der Waals surface area contributed by atoms with Crippen molar-refractivity contribution in [1.82, 2.24) is 4.90 Å². The van der Waals surface area contributed by atoms with Crippen molar-refractivity contribution in [3.8, 4) is 0 Å². The second-order valence-electron chi connectivity index (χ2n) is 5.56. The van der Waals surface area contributed by atoms with Crippen LogP contribution >= 0.6 is 0 Å². The Morgan fingerprint density at radius 1 is 1.15 bits per heavy atom. The fourth-order valence-corrected chi connectivity index (χ4v) is 2.73. The highest BCUT2D eigenvalue weighted by Gasteiger charge is 2.31. The van der Waals surface area contributed by atoms with Crippen molar-refractivity contribution < 1.29 is 19.4 Å². The lowest BCUT2D eigenvalue weighted by molar-refractivity contribution is -0.145. The number of carbonyl (C=O) groups excluding carboxylic acids is 1. The van der Waals surface area contributed by atoms with Crippen LogP contribution in [0.5, 0.6) is 0 Å². The van der Waals surface area contributed by atoms with E-state index >= 15 is 0 Å². The summed E-state index contributed by atoms with van der Waals surface area (Å²) in [5.74, 6) is -0.807. The molecule has 1 saturated carbocycles. The van der Waals surface area contributed by atoms with Crippen LogP contribution in [0.15, 0.2) is 0 Å². The average Bonchev–Trinajstić information content (AvgIpc) is 2.47. The standard InChI is InChI=1S/C15H27NO4/c1-3-4-9-16(10-11-20-2)14(17)12-5-7-13(8-6-12)15(18)19/h12-13H,3-11H2,1-2H3,(H,18,19). The molecule has 5 heteroatoms. The Hall–Kier alpha value is -1.10. The molecule has 1 amide bonds. The van der Waals surface area contributed by atoms with Gasteiger partial charge in [0.25, 0.3) is 0 Å². The van der Waals surface area contributed by atoms with Crippen LogP contribution in [0.1, 0.15) is 45.4 Å². The van der Waals surface area contributed by atoms with E-state index in [1.165, 1.54) is 0 Å². The second kappa shape index (κ2) is 8.95. The van der Waals surface area contributed by atoms with Crippen LogP contribution in [-0.4, -0.2) is 48.7 Å². The molecule has 1 fully saturated rings. The number of hydrogen-bond donors (Lipinski definition) is 1. The van der Waals surface area contributed by atoms with Gasteiger partial charge in [-0.1, -0.05) is 13.3 Å². The van der Waals surface area contributed by atoms with Crippen molar-refractivity contribution in [3.05, 3.63) is 0 Å². The molecule has 5 nitrogen and oxygen atoms in total. The number of rotatable bonds is 8. The first-order chi connectivity index (χ1) is 9.60. The smallest absolute Gasteiger partial charge is 0.306 e. The van der Waals surface area contributed by atoms with Crippen LogP contribution < -0.4 is 0 Å². The van der Waals surface area contributed by atoms with Gasteiger partial charge in [0, 0.05) is 26.1 Å². The quantitative estimate of drug-likeness (QED) is 0.742. The molecule has 1 aliphatic carbocycles. The number of methoxy groups -OCH3 is 1. The summed E-state index contributed by atoms with van der Waals surface area (Å²) in [5.41, 5.74) is 0. The van der Waals surface area contributed by atoms with Crippen molar-refractivity contribution in [2.45, 2.75) is 45.4 Å². The third-order valence-corrected chi connectivity index (χ3v) is 4.08. The van der Waals surface area contributed by atoms with E-state index in [-0.39, 0.29) is 17.7 Å². The fraction of sp³-hybridized carbons (Fsp3) is 0.867. The van der Waals surface area contributed by atoms with Crippen molar-refractivity contribution in [3.63, 3.8) is 0 Å². The van der Waals surface area contributed by atoms with Gasteiger partial charge < -0.3 is 14.7 Å². The number of nitrogens with zero attached hydrogens (tertiary/aromatic N) is 1. The molecule has 116 valence electrons. The topological polar surface area (TPSA) is 66.8 Å². The molecule has 0 unspecified atom stereocenters. The predicted octanol–water partition coefficient (Wildman–Crippen LogP) is 2.15. The van der Waals surface area contributed by atoms with E-state index in [9.17, 15) is 9.59 Å². The molecule has 0 radical (unpaired) electrons. The first-order valence-electron chi connectivity index (χ1n) is 7.60. The summed E-state index contributed by atoms with van der Waals surface area (Å²) >= 11 is 0. The number of carbonyl (C=O) groups is 2. The lowest BCUT2D eigenvalue weighted by Crippen LogP contribution is -2.40. The molecule has 20 heavy (non-hydrogen) atoms. The van der Waals surface area contributed by atoms with Gasteiger partial charge in [-0.2, -0.15) is 0 Å². The van der Waals surface area contributed by atoms with Gasteiger partial charge in [-0.15, -0.1) is 0 Å². The molecule has 0 aliphatic heterocycles. The first-order valence-corrected chi connectivity index (χ1v) is 7.60. The minimum absolute atomic E-state index is 0.000637. The molecule has 1 aliphatic rings. The minimum Gasteiger partial charge on any atom is -0.481 e. The first kappa shape index (κ1) is 17.0. The molecule has 0 aromatic carbocycles. The Labute approximate surface area is 121 Å². The molecule has 0 bridgehead atoms.